The van der Waals surface area contributed by atoms with Gasteiger partial charge in [-0.05, 0) is 57.8 Å². The van der Waals surface area contributed by atoms with Crippen LogP contribution >= 0.6 is 24.0 Å². The predicted molar refractivity (Wildman–Crippen MR) is 128 cm³/mol. The highest BCUT2D eigenvalue weighted by Crippen LogP contribution is 2.26. The summed E-state index contributed by atoms with van der Waals surface area (Å²) in [5, 5.41) is 7.79. The number of rotatable bonds is 5. The van der Waals surface area contributed by atoms with Crippen LogP contribution in [0.1, 0.15) is 33.6 Å². The van der Waals surface area contributed by atoms with E-state index in [4.69, 9.17) is 17.0 Å². The van der Waals surface area contributed by atoms with Crippen molar-refractivity contribution < 1.29 is 9.53 Å². The molecule has 0 radical (unpaired) electrons. The van der Waals surface area contributed by atoms with Crippen LogP contribution in [0.25, 0.3) is 0 Å². The van der Waals surface area contributed by atoms with Gasteiger partial charge in [-0.2, -0.15) is 0 Å². The van der Waals surface area contributed by atoms with E-state index >= 15 is 0 Å². The van der Waals surface area contributed by atoms with Crippen molar-refractivity contribution in [2.75, 3.05) is 24.2 Å². The SMILES string of the molecule is Cn1ccnc1SCC1CCN(C(=O)Oc2ccc(NC(=S)NC(C)(C)C)cn2)CC1. The summed E-state index contributed by atoms with van der Waals surface area (Å²) in [5.41, 5.74) is 0.602. The first-order valence-corrected chi connectivity index (χ1v) is 11.7. The van der Waals surface area contributed by atoms with Crippen molar-refractivity contribution in [3.05, 3.63) is 30.7 Å². The fourth-order valence-corrected chi connectivity index (χ4v) is 4.68. The average Bonchev–Trinajstić information content (AvgIpc) is 3.11. The normalized spacial score (nSPS) is 14.9. The molecule has 31 heavy (non-hydrogen) atoms. The second kappa shape index (κ2) is 10.3. The molecule has 1 aliphatic heterocycles. The molecule has 2 aromatic heterocycles. The van der Waals surface area contributed by atoms with Gasteiger partial charge in [0.15, 0.2) is 10.3 Å². The smallest absolute Gasteiger partial charge is 0.391 e. The zero-order valence-corrected chi connectivity index (χ0v) is 20.1. The van der Waals surface area contributed by atoms with Crippen LogP contribution in [-0.4, -0.2) is 55.0 Å². The highest BCUT2D eigenvalue weighted by molar-refractivity contribution is 7.99. The molecule has 0 atom stereocenters. The Bertz CT molecular complexity index is 886. The predicted octanol–water partition coefficient (Wildman–Crippen LogP) is 3.90. The van der Waals surface area contributed by atoms with E-state index in [1.807, 2.05) is 44.8 Å². The van der Waals surface area contributed by atoms with E-state index in [2.05, 4.69) is 20.6 Å². The number of aryl methyl sites for hydroxylation is 1. The number of thiocarbonyl (C=S) groups is 1. The number of hydrogen-bond donors (Lipinski definition) is 2. The lowest BCUT2D eigenvalue weighted by molar-refractivity contribution is 0.132. The molecular weight excluding hydrogens is 432 g/mol. The number of nitrogens with zero attached hydrogens (tertiary/aromatic N) is 4. The molecule has 1 saturated heterocycles. The van der Waals surface area contributed by atoms with Crippen LogP contribution in [0.3, 0.4) is 0 Å². The van der Waals surface area contributed by atoms with Crippen molar-refractivity contribution >= 4 is 40.9 Å². The quantitative estimate of drug-likeness (QED) is 0.511. The third kappa shape index (κ3) is 7.39. The molecule has 3 heterocycles. The van der Waals surface area contributed by atoms with Gasteiger partial charge in [-0.25, -0.2) is 14.8 Å². The van der Waals surface area contributed by atoms with Crippen LogP contribution < -0.4 is 15.4 Å². The summed E-state index contributed by atoms with van der Waals surface area (Å²) in [6.45, 7) is 7.48. The lowest BCUT2D eigenvalue weighted by Crippen LogP contribution is -2.42. The first-order chi connectivity index (χ1) is 14.7. The summed E-state index contributed by atoms with van der Waals surface area (Å²) in [5.74, 6) is 1.85. The summed E-state index contributed by atoms with van der Waals surface area (Å²) in [6, 6.07) is 3.45. The Labute approximate surface area is 193 Å². The Morgan fingerprint density at radius 3 is 2.61 bits per heavy atom. The topological polar surface area (TPSA) is 84.3 Å². The van der Waals surface area contributed by atoms with Crippen LogP contribution in [0.2, 0.25) is 0 Å². The van der Waals surface area contributed by atoms with Crippen LogP contribution in [-0.2, 0) is 7.05 Å². The standard InChI is InChI=1S/C21H30N6O2S2/c1-21(2,3)25-18(30)24-16-5-6-17(23-13-16)29-20(28)27-10-7-15(8-11-27)14-31-19-22-9-12-26(19)4/h5-6,9,12-13,15H,7-8,10-11,14H2,1-4H3,(H2,24,25,30). The highest BCUT2D eigenvalue weighted by atomic mass is 32.2. The largest absolute Gasteiger partial charge is 0.416 e. The Hall–Kier alpha value is -2.33. The molecule has 2 N–H and O–H groups in total. The lowest BCUT2D eigenvalue weighted by atomic mass is 9.99. The van der Waals surface area contributed by atoms with Gasteiger partial charge in [-0.1, -0.05) is 11.8 Å². The van der Waals surface area contributed by atoms with E-state index in [1.165, 1.54) is 0 Å². The molecule has 1 amide bonds. The first-order valence-electron chi connectivity index (χ1n) is 10.3. The summed E-state index contributed by atoms with van der Waals surface area (Å²) in [4.78, 5) is 22.8. The summed E-state index contributed by atoms with van der Waals surface area (Å²) >= 11 is 7.05. The molecule has 0 bridgehead atoms. The number of likely N-dealkylation sites (tertiary alicyclic amines) is 1. The average molecular weight is 463 g/mol. The molecule has 0 saturated carbocycles. The minimum absolute atomic E-state index is 0.128. The molecule has 0 unspecified atom stereocenters. The van der Waals surface area contributed by atoms with Gasteiger partial charge in [0, 0.05) is 49.9 Å². The molecule has 0 aliphatic carbocycles. The van der Waals surface area contributed by atoms with E-state index in [0.717, 1.165) is 29.4 Å². The second-order valence-corrected chi connectivity index (χ2v) is 10.0. The molecule has 1 aliphatic rings. The number of amides is 1. The number of carbonyl (C=O) groups is 1. The fourth-order valence-electron chi connectivity index (χ4n) is 3.14. The fraction of sp³-hybridized carbons (Fsp3) is 0.524. The zero-order chi connectivity index (χ0) is 22.4. The second-order valence-electron chi connectivity index (χ2n) is 8.64. The molecule has 3 rings (SSSR count). The number of imidazole rings is 1. The van der Waals surface area contributed by atoms with E-state index in [9.17, 15) is 4.79 Å². The number of aromatic nitrogens is 3. The van der Waals surface area contributed by atoms with E-state index in [1.54, 1.807) is 35.0 Å². The molecule has 0 aromatic carbocycles. The van der Waals surface area contributed by atoms with Crippen molar-refractivity contribution in [3.63, 3.8) is 0 Å². The van der Waals surface area contributed by atoms with Crippen LogP contribution in [0, 0.1) is 5.92 Å². The maximum atomic E-state index is 12.5. The van der Waals surface area contributed by atoms with Crippen LogP contribution in [0.15, 0.2) is 35.9 Å². The zero-order valence-electron chi connectivity index (χ0n) is 18.4. The van der Waals surface area contributed by atoms with Gasteiger partial charge >= 0.3 is 6.09 Å². The van der Waals surface area contributed by atoms with Gasteiger partial charge in [-0.15, -0.1) is 0 Å². The third-order valence-corrected chi connectivity index (χ3v) is 6.27. The Balaban J connectivity index is 1.41. The van der Waals surface area contributed by atoms with Gasteiger partial charge in [0.05, 0.1) is 11.9 Å². The molecule has 10 heteroatoms. The molecular formula is C21H30N6O2S2. The van der Waals surface area contributed by atoms with Gasteiger partial charge in [0.1, 0.15) is 0 Å². The molecule has 1 fully saturated rings. The van der Waals surface area contributed by atoms with Gasteiger partial charge in [-0.3, -0.25) is 0 Å². The first kappa shape index (κ1) is 23.3. The van der Waals surface area contributed by atoms with Crippen molar-refractivity contribution in [1.29, 1.82) is 0 Å². The summed E-state index contributed by atoms with van der Waals surface area (Å²) in [6.07, 6.45) is 6.93. The molecule has 8 nitrogen and oxygen atoms in total. The van der Waals surface area contributed by atoms with Crippen molar-refractivity contribution in [2.24, 2.45) is 13.0 Å². The number of pyridine rings is 1. The Morgan fingerprint density at radius 2 is 2.03 bits per heavy atom. The molecule has 2 aromatic rings. The Morgan fingerprint density at radius 1 is 1.29 bits per heavy atom. The highest BCUT2D eigenvalue weighted by Gasteiger charge is 2.25. The number of anilines is 1. The van der Waals surface area contributed by atoms with Gasteiger partial charge < -0.3 is 24.8 Å². The maximum absolute atomic E-state index is 12.5. The van der Waals surface area contributed by atoms with Gasteiger partial charge in [0.2, 0.25) is 5.88 Å². The molecule has 0 spiro atoms. The minimum Gasteiger partial charge on any atom is -0.391 e. The van der Waals surface area contributed by atoms with Crippen LogP contribution in [0.5, 0.6) is 5.88 Å². The monoisotopic (exact) mass is 462 g/mol. The van der Waals surface area contributed by atoms with Crippen molar-refractivity contribution in [3.8, 4) is 5.88 Å². The Kier molecular flexibility index (Phi) is 7.77. The van der Waals surface area contributed by atoms with E-state index in [-0.39, 0.29) is 17.5 Å². The van der Waals surface area contributed by atoms with Crippen molar-refractivity contribution in [2.45, 2.75) is 44.3 Å². The van der Waals surface area contributed by atoms with Crippen LogP contribution in [0.4, 0.5) is 10.5 Å². The maximum Gasteiger partial charge on any atom is 0.416 e. The number of piperidine rings is 1. The number of nitrogens with one attached hydrogen (secondary N) is 2. The van der Waals surface area contributed by atoms with E-state index in [0.29, 0.717) is 24.1 Å². The van der Waals surface area contributed by atoms with E-state index < -0.39 is 0 Å². The lowest BCUT2D eigenvalue weighted by Gasteiger charge is -2.30. The number of ether oxygens (including phenoxy) is 1. The summed E-state index contributed by atoms with van der Waals surface area (Å²) in [7, 11) is 2.00. The number of thioether (sulfide) groups is 1. The van der Waals surface area contributed by atoms with Crippen molar-refractivity contribution in [1.82, 2.24) is 24.8 Å². The minimum atomic E-state index is -0.353. The number of carbonyl (C=O) groups excluding carboxylic acids is 1. The summed E-state index contributed by atoms with van der Waals surface area (Å²) < 4.78 is 7.47. The van der Waals surface area contributed by atoms with Gasteiger partial charge in [0.25, 0.3) is 0 Å². The molecule has 168 valence electrons. The number of hydrogen-bond acceptors (Lipinski definition) is 6. The third-order valence-electron chi connectivity index (χ3n) is 4.77.